The van der Waals surface area contributed by atoms with Crippen LogP contribution >= 0.6 is 0 Å². The predicted octanol–water partition coefficient (Wildman–Crippen LogP) is 2.58. The molecule has 1 unspecified atom stereocenters. The lowest BCUT2D eigenvalue weighted by Gasteiger charge is -2.46. The summed E-state index contributed by atoms with van der Waals surface area (Å²) in [6.07, 6.45) is 5.87. The van der Waals surface area contributed by atoms with Gasteiger partial charge in [0, 0.05) is 13.3 Å². The van der Waals surface area contributed by atoms with Crippen LogP contribution in [-0.4, -0.2) is 24.8 Å². The maximum atomic E-state index is 5.94. The Hall–Kier alpha value is -1.17. The number of ether oxygens (including phenoxy) is 2. The van der Waals surface area contributed by atoms with E-state index >= 15 is 0 Å². The molecule has 1 aromatic rings. The van der Waals surface area contributed by atoms with Gasteiger partial charge in [0.1, 0.15) is 11.4 Å². The van der Waals surface area contributed by atoms with E-state index in [2.05, 4.69) is 24.3 Å². The van der Waals surface area contributed by atoms with Crippen LogP contribution in [0.3, 0.4) is 0 Å². The maximum Gasteiger partial charge on any atom is 0.142 e. The van der Waals surface area contributed by atoms with Crippen LogP contribution in [0.15, 0.2) is 18.3 Å². The van der Waals surface area contributed by atoms with Gasteiger partial charge in [-0.1, -0.05) is 13.8 Å². The van der Waals surface area contributed by atoms with Crippen molar-refractivity contribution in [2.45, 2.75) is 51.2 Å². The highest BCUT2D eigenvalue weighted by Gasteiger charge is 2.46. The first kappa shape index (κ1) is 16.2. The summed E-state index contributed by atoms with van der Waals surface area (Å²) in [5, 5.41) is 0. The molecule has 0 saturated heterocycles. The summed E-state index contributed by atoms with van der Waals surface area (Å²) in [6.45, 7) is 4.61. The zero-order chi connectivity index (χ0) is 15.5. The van der Waals surface area contributed by atoms with Crippen molar-refractivity contribution in [3.05, 3.63) is 24.0 Å². The van der Waals surface area contributed by atoms with E-state index in [0.717, 1.165) is 37.1 Å². The zero-order valence-electron chi connectivity index (χ0n) is 13.5. The molecular weight excluding hydrogens is 266 g/mol. The van der Waals surface area contributed by atoms with Gasteiger partial charge in [-0.25, -0.2) is 5.43 Å². The number of nitrogens with two attached hydrogens (primary N) is 1. The molecule has 0 amide bonds. The van der Waals surface area contributed by atoms with Crippen LogP contribution in [0, 0.1) is 5.41 Å². The molecule has 2 rings (SSSR count). The molecule has 1 atom stereocenters. The lowest BCUT2D eigenvalue weighted by Crippen LogP contribution is -2.51. The Morgan fingerprint density at radius 1 is 1.24 bits per heavy atom. The van der Waals surface area contributed by atoms with E-state index in [-0.39, 0.29) is 11.6 Å². The van der Waals surface area contributed by atoms with E-state index in [4.69, 9.17) is 15.3 Å². The van der Waals surface area contributed by atoms with Crippen molar-refractivity contribution in [1.82, 2.24) is 10.4 Å². The van der Waals surface area contributed by atoms with Crippen LogP contribution in [0.25, 0.3) is 0 Å². The standard InChI is InChI=1S/C16H27N3O2/c1-15(2)7-9-16(21-4,10-8-15)14(19-17)13-12(20-3)6-5-11-18-13/h5-6,11,14,19H,7-10,17H2,1-4H3. The Kier molecular flexibility index (Phi) is 4.86. The van der Waals surface area contributed by atoms with E-state index < -0.39 is 0 Å². The van der Waals surface area contributed by atoms with Crippen LogP contribution in [0.5, 0.6) is 5.75 Å². The molecule has 0 radical (unpaired) electrons. The Labute approximate surface area is 127 Å². The number of methoxy groups -OCH3 is 2. The van der Waals surface area contributed by atoms with Gasteiger partial charge in [0.25, 0.3) is 0 Å². The van der Waals surface area contributed by atoms with Crippen LogP contribution in [0.2, 0.25) is 0 Å². The molecule has 1 aliphatic carbocycles. The van der Waals surface area contributed by atoms with E-state index in [0.29, 0.717) is 5.41 Å². The monoisotopic (exact) mass is 293 g/mol. The zero-order valence-corrected chi connectivity index (χ0v) is 13.5. The molecule has 1 aromatic heterocycles. The third-order valence-electron chi connectivity index (χ3n) is 4.84. The summed E-state index contributed by atoms with van der Waals surface area (Å²) in [4.78, 5) is 4.48. The molecule has 5 heteroatoms. The Balaban J connectivity index is 2.34. The molecule has 118 valence electrons. The van der Waals surface area contributed by atoms with Gasteiger partial charge in [-0.3, -0.25) is 10.8 Å². The average Bonchev–Trinajstić information content (AvgIpc) is 2.50. The molecule has 1 aliphatic rings. The molecule has 0 spiro atoms. The number of aromatic nitrogens is 1. The fourth-order valence-electron chi connectivity index (χ4n) is 3.23. The van der Waals surface area contributed by atoms with Crippen LogP contribution in [0.1, 0.15) is 51.3 Å². The summed E-state index contributed by atoms with van der Waals surface area (Å²) in [5.41, 5.74) is 3.74. The van der Waals surface area contributed by atoms with E-state index in [1.54, 1.807) is 20.4 Å². The van der Waals surface area contributed by atoms with Crippen molar-refractivity contribution in [2.75, 3.05) is 14.2 Å². The van der Waals surface area contributed by atoms with E-state index in [1.807, 2.05) is 12.1 Å². The number of pyridine rings is 1. The first-order chi connectivity index (χ1) is 9.98. The third kappa shape index (κ3) is 3.20. The number of hydrogen-bond acceptors (Lipinski definition) is 5. The largest absolute Gasteiger partial charge is 0.495 e. The summed E-state index contributed by atoms with van der Waals surface area (Å²) in [7, 11) is 3.41. The maximum absolute atomic E-state index is 5.94. The predicted molar refractivity (Wildman–Crippen MR) is 82.8 cm³/mol. The average molecular weight is 293 g/mol. The van der Waals surface area contributed by atoms with Crippen LogP contribution < -0.4 is 16.0 Å². The van der Waals surface area contributed by atoms with Crippen molar-refractivity contribution in [3.63, 3.8) is 0 Å². The van der Waals surface area contributed by atoms with Crippen molar-refractivity contribution in [2.24, 2.45) is 11.3 Å². The minimum Gasteiger partial charge on any atom is -0.495 e. The number of hydrogen-bond donors (Lipinski definition) is 2. The van der Waals surface area contributed by atoms with Crippen molar-refractivity contribution in [3.8, 4) is 5.75 Å². The van der Waals surface area contributed by atoms with Gasteiger partial charge in [0.2, 0.25) is 0 Å². The molecule has 1 heterocycles. The minimum absolute atomic E-state index is 0.185. The van der Waals surface area contributed by atoms with Gasteiger partial charge >= 0.3 is 0 Å². The second-order valence-corrected chi connectivity index (χ2v) is 6.62. The summed E-state index contributed by atoms with van der Waals surface area (Å²) >= 11 is 0. The fraction of sp³-hybridized carbons (Fsp3) is 0.688. The Morgan fingerprint density at radius 3 is 2.43 bits per heavy atom. The molecule has 3 N–H and O–H groups in total. The highest BCUT2D eigenvalue weighted by molar-refractivity contribution is 5.31. The first-order valence-corrected chi connectivity index (χ1v) is 7.48. The molecule has 1 fully saturated rings. The molecule has 0 aliphatic heterocycles. The second-order valence-electron chi connectivity index (χ2n) is 6.62. The first-order valence-electron chi connectivity index (χ1n) is 7.48. The number of hydrazine groups is 1. The molecule has 0 bridgehead atoms. The van der Waals surface area contributed by atoms with Crippen LogP contribution in [-0.2, 0) is 4.74 Å². The highest BCUT2D eigenvalue weighted by atomic mass is 16.5. The molecule has 5 nitrogen and oxygen atoms in total. The Morgan fingerprint density at radius 2 is 1.90 bits per heavy atom. The molecule has 0 aromatic carbocycles. The molecular formula is C16H27N3O2. The van der Waals surface area contributed by atoms with Crippen molar-refractivity contribution in [1.29, 1.82) is 0 Å². The second kappa shape index (κ2) is 6.30. The van der Waals surface area contributed by atoms with Gasteiger partial charge in [0.05, 0.1) is 18.8 Å². The number of nitrogens with zero attached hydrogens (tertiary/aromatic N) is 1. The third-order valence-corrected chi connectivity index (χ3v) is 4.84. The van der Waals surface area contributed by atoms with Gasteiger partial charge in [-0.15, -0.1) is 0 Å². The SMILES string of the molecule is COc1cccnc1C(NN)C1(OC)CCC(C)(C)CC1. The number of rotatable bonds is 5. The van der Waals surface area contributed by atoms with Crippen molar-refractivity contribution >= 4 is 0 Å². The van der Waals surface area contributed by atoms with Gasteiger partial charge in [-0.2, -0.15) is 0 Å². The van der Waals surface area contributed by atoms with E-state index in [1.165, 1.54) is 0 Å². The summed E-state index contributed by atoms with van der Waals surface area (Å²) in [5.74, 6) is 6.60. The Bertz CT molecular complexity index is 466. The van der Waals surface area contributed by atoms with Crippen LogP contribution in [0.4, 0.5) is 0 Å². The summed E-state index contributed by atoms with van der Waals surface area (Å²) in [6, 6.07) is 3.58. The van der Waals surface area contributed by atoms with Gasteiger partial charge in [-0.05, 0) is 43.2 Å². The van der Waals surface area contributed by atoms with Crippen molar-refractivity contribution < 1.29 is 9.47 Å². The highest BCUT2D eigenvalue weighted by Crippen LogP contribution is 2.47. The van der Waals surface area contributed by atoms with Gasteiger partial charge < -0.3 is 9.47 Å². The quantitative estimate of drug-likeness (QED) is 0.645. The lowest BCUT2D eigenvalue weighted by molar-refractivity contribution is -0.0889. The summed E-state index contributed by atoms with van der Waals surface area (Å²) < 4.78 is 11.4. The lowest BCUT2D eigenvalue weighted by atomic mass is 9.68. The minimum atomic E-state index is -0.341. The number of nitrogens with one attached hydrogen (secondary N) is 1. The normalized spacial score (nSPS) is 21.8. The van der Waals surface area contributed by atoms with Gasteiger partial charge in [0.15, 0.2) is 0 Å². The fourth-order valence-corrected chi connectivity index (χ4v) is 3.23. The smallest absolute Gasteiger partial charge is 0.142 e. The molecule has 1 saturated carbocycles. The van der Waals surface area contributed by atoms with E-state index in [9.17, 15) is 0 Å². The topological polar surface area (TPSA) is 69.4 Å². The molecule has 21 heavy (non-hydrogen) atoms.